The maximum atomic E-state index is 12.9. The standard InChI is InChI=1S/C16H13Cl2NOS/c1-3-19-9(2)13(10-7-8-21-16(10)19)15(20)11-5-4-6-12(17)14(11)18/h4-8H,3H2,1-2H3. The normalized spacial score (nSPS) is 11.2. The average molecular weight is 338 g/mol. The minimum Gasteiger partial charge on any atom is -0.336 e. The molecule has 2 aromatic heterocycles. The molecule has 3 rings (SSSR count). The molecule has 2 nitrogen and oxygen atoms in total. The largest absolute Gasteiger partial charge is 0.336 e. The molecule has 0 atom stereocenters. The van der Waals surface area contributed by atoms with E-state index in [1.54, 1.807) is 29.5 Å². The first kappa shape index (κ1) is 14.6. The minimum atomic E-state index is -0.0735. The van der Waals surface area contributed by atoms with Crippen LogP contribution in [0.15, 0.2) is 29.6 Å². The molecule has 0 aliphatic heterocycles. The number of hydrogen-bond donors (Lipinski definition) is 0. The predicted molar refractivity (Wildman–Crippen MR) is 90.1 cm³/mol. The van der Waals surface area contributed by atoms with Crippen LogP contribution >= 0.6 is 34.5 Å². The number of carbonyl (C=O) groups excluding carboxylic acids is 1. The molecule has 0 radical (unpaired) electrons. The van der Waals surface area contributed by atoms with E-state index in [-0.39, 0.29) is 5.78 Å². The number of halogens is 2. The Morgan fingerprint density at radius 3 is 2.76 bits per heavy atom. The second kappa shape index (κ2) is 5.48. The summed E-state index contributed by atoms with van der Waals surface area (Å²) in [6.45, 7) is 4.88. The van der Waals surface area contributed by atoms with Crippen molar-refractivity contribution in [3.63, 3.8) is 0 Å². The maximum Gasteiger partial charge on any atom is 0.197 e. The molecule has 21 heavy (non-hydrogen) atoms. The van der Waals surface area contributed by atoms with E-state index in [9.17, 15) is 4.79 Å². The molecule has 0 saturated carbocycles. The topological polar surface area (TPSA) is 22.0 Å². The summed E-state index contributed by atoms with van der Waals surface area (Å²) in [6, 6.07) is 7.14. The van der Waals surface area contributed by atoms with Crippen LogP contribution in [0.5, 0.6) is 0 Å². The molecule has 3 aromatic rings. The van der Waals surface area contributed by atoms with E-state index in [1.807, 2.05) is 18.4 Å². The predicted octanol–water partition coefficient (Wildman–Crippen LogP) is 5.57. The number of carbonyl (C=O) groups is 1. The highest BCUT2D eigenvalue weighted by molar-refractivity contribution is 7.16. The van der Waals surface area contributed by atoms with Gasteiger partial charge < -0.3 is 4.57 Å². The molecule has 0 aliphatic carbocycles. The fourth-order valence-electron chi connectivity index (χ4n) is 2.66. The number of aryl methyl sites for hydroxylation is 1. The highest BCUT2D eigenvalue weighted by Gasteiger charge is 2.23. The Morgan fingerprint density at radius 2 is 2.05 bits per heavy atom. The van der Waals surface area contributed by atoms with Crippen molar-refractivity contribution in [3.8, 4) is 0 Å². The van der Waals surface area contributed by atoms with Gasteiger partial charge in [-0.1, -0.05) is 29.3 Å². The van der Waals surface area contributed by atoms with Gasteiger partial charge in [-0.15, -0.1) is 11.3 Å². The first-order valence-corrected chi connectivity index (χ1v) is 8.24. The highest BCUT2D eigenvalue weighted by Crippen LogP contribution is 2.34. The van der Waals surface area contributed by atoms with Crippen molar-refractivity contribution >= 4 is 50.5 Å². The second-order valence-electron chi connectivity index (χ2n) is 4.77. The first-order chi connectivity index (χ1) is 10.1. The van der Waals surface area contributed by atoms with E-state index in [2.05, 4.69) is 11.5 Å². The average Bonchev–Trinajstić information content (AvgIpc) is 3.00. The van der Waals surface area contributed by atoms with E-state index in [1.165, 1.54) is 0 Å². The molecule has 0 amide bonds. The summed E-state index contributed by atoms with van der Waals surface area (Å²) < 4.78 is 2.16. The Bertz CT molecular complexity index is 847. The molecule has 0 N–H and O–H groups in total. The van der Waals surface area contributed by atoms with Gasteiger partial charge in [-0.3, -0.25) is 4.79 Å². The van der Waals surface area contributed by atoms with Crippen molar-refractivity contribution in [1.29, 1.82) is 0 Å². The van der Waals surface area contributed by atoms with Crippen molar-refractivity contribution < 1.29 is 4.79 Å². The van der Waals surface area contributed by atoms with Gasteiger partial charge >= 0.3 is 0 Å². The summed E-state index contributed by atoms with van der Waals surface area (Å²) in [6.07, 6.45) is 0. The summed E-state index contributed by atoms with van der Waals surface area (Å²) in [7, 11) is 0. The van der Waals surface area contributed by atoms with Crippen LogP contribution in [0.25, 0.3) is 10.2 Å². The molecule has 0 unspecified atom stereocenters. The van der Waals surface area contributed by atoms with Gasteiger partial charge in [0.2, 0.25) is 0 Å². The SMILES string of the molecule is CCn1c(C)c(C(=O)c2cccc(Cl)c2Cl)c2ccsc21. The minimum absolute atomic E-state index is 0.0735. The van der Waals surface area contributed by atoms with Crippen LogP contribution in [-0.4, -0.2) is 10.4 Å². The number of ketones is 1. The monoisotopic (exact) mass is 337 g/mol. The van der Waals surface area contributed by atoms with Crippen molar-refractivity contribution in [2.75, 3.05) is 0 Å². The van der Waals surface area contributed by atoms with Crippen molar-refractivity contribution in [2.24, 2.45) is 0 Å². The number of fused-ring (bicyclic) bond motifs is 1. The molecule has 108 valence electrons. The van der Waals surface area contributed by atoms with Crippen LogP contribution < -0.4 is 0 Å². The van der Waals surface area contributed by atoms with Gasteiger partial charge in [0.15, 0.2) is 5.78 Å². The number of benzene rings is 1. The van der Waals surface area contributed by atoms with E-state index in [4.69, 9.17) is 23.2 Å². The summed E-state index contributed by atoms with van der Waals surface area (Å²) in [4.78, 5) is 14.1. The zero-order chi connectivity index (χ0) is 15.1. The Hall–Kier alpha value is -1.29. The Morgan fingerprint density at radius 1 is 1.29 bits per heavy atom. The summed E-state index contributed by atoms with van der Waals surface area (Å²) in [5, 5.41) is 3.71. The Balaban J connectivity index is 2.25. The molecule has 0 saturated heterocycles. The number of nitrogens with zero attached hydrogens (tertiary/aromatic N) is 1. The van der Waals surface area contributed by atoms with Crippen molar-refractivity contribution in [3.05, 3.63) is 56.5 Å². The van der Waals surface area contributed by atoms with Gasteiger partial charge in [0.05, 0.1) is 15.6 Å². The number of thiophene rings is 1. The molecule has 2 heterocycles. The van der Waals surface area contributed by atoms with Crippen molar-refractivity contribution in [2.45, 2.75) is 20.4 Å². The number of aromatic nitrogens is 1. The van der Waals surface area contributed by atoms with E-state index in [0.717, 1.165) is 28.0 Å². The first-order valence-electron chi connectivity index (χ1n) is 6.61. The highest BCUT2D eigenvalue weighted by atomic mass is 35.5. The molecule has 5 heteroatoms. The lowest BCUT2D eigenvalue weighted by atomic mass is 10.0. The van der Waals surface area contributed by atoms with Gasteiger partial charge in [0.1, 0.15) is 4.83 Å². The maximum absolute atomic E-state index is 12.9. The number of hydrogen-bond acceptors (Lipinski definition) is 2. The molecule has 1 aromatic carbocycles. The molecule has 0 fully saturated rings. The third kappa shape index (κ3) is 2.20. The van der Waals surface area contributed by atoms with Gasteiger partial charge in [0, 0.05) is 23.2 Å². The zero-order valence-corrected chi connectivity index (χ0v) is 13.9. The van der Waals surface area contributed by atoms with Crippen LogP contribution in [0.4, 0.5) is 0 Å². The molecule has 0 spiro atoms. The van der Waals surface area contributed by atoms with Crippen LogP contribution in [0.1, 0.15) is 28.5 Å². The number of rotatable bonds is 3. The lowest BCUT2D eigenvalue weighted by molar-refractivity contribution is 0.103. The molecule has 0 bridgehead atoms. The second-order valence-corrected chi connectivity index (χ2v) is 6.45. The van der Waals surface area contributed by atoms with Gasteiger partial charge in [-0.25, -0.2) is 0 Å². The summed E-state index contributed by atoms with van der Waals surface area (Å²) in [5.74, 6) is -0.0735. The van der Waals surface area contributed by atoms with Crippen molar-refractivity contribution in [1.82, 2.24) is 4.57 Å². The van der Waals surface area contributed by atoms with E-state index >= 15 is 0 Å². The van der Waals surface area contributed by atoms with E-state index < -0.39 is 0 Å². The van der Waals surface area contributed by atoms with E-state index in [0.29, 0.717) is 15.6 Å². The van der Waals surface area contributed by atoms with Crippen LogP contribution in [0, 0.1) is 6.92 Å². The summed E-state index contributed by atoms with van der Waals surface area (Å²) in [5.41, 5.74) is 2.14. The van der Waals surface area contributed by atoms with Crippen LogP contribution in [0.2, 0.25) is 10.0 Å². The lowest BCUT2D eigenvalue weighted by Gasteiger charge is -2.07. The fraction of sp³-hybridized carbons (Fsp3) is 0.188. The molecular formula is C16H13Cl2NOS. The van der Waals surface area contributed by atoms with Gasteiger partial charge in [-0.2, -0.15) is 0 Å². The van der Waals surface area contributed by atoms with Crippen LogP contribution in [-0.2, 0) is 6.54 Å². The lowest BCUT2D eigenvalue weighted by Crippen LogP contribution is -2.05. The molecule has 0 aliphatic rings. The zero-order valence-electron chi connectivity index (χ0n) is 11.6. The summed E-state index contributed by atoms with van der Waals surface area (Å²) >= 11 is 13.9. The smallest absolute Gasteiger partial charge is 0.197 e. The van der Waals surface area contributed by atoms with Gasteiger partial charge in [0.25, 0.3) is 0 Å². The third-order valence-corrected chi connectivity index (χ3v) is 5.42. The molecular weight excluding hydrogens is 325 g/mol. The Kier molecular flexibility index (Phi) is 3.82. The van der Waals surface area contributed by atoms with Crippen LogP contribution in [0.3, 0.4) is 0 Å². The van der Waals surface area contributed by atoms with Gasteiger partial charge in [-0.05, 0) is 37.4 Å². The quantitative estimate of drug-likeness (QED) is 0.572. The Labute approximate surface area is 136 Å². The fourth-order valence-corrected chi connectivity index (χ4v) is 4.07. The third-order valence-electron chi connectivity index (χ3n) is 3.67.